The highest BCUT2D eigenvalue weighted by molar-refractivity contribution is 5.01. The molecule has 1 atom stereocenters. The van der Waals surface area contributed by atoms with Crippen molar-refractivity contribution in [2.75, 3.05) is 13.7 Å². The van der Waals surface area contributed by atoms with E-state index in [1.54, 1.807) is 7.11 Å². The number of nitrogens with one attached hydrogen (secondary N) is 1. The first-order valence-electron chi connectivity index (χ1n) is 8.25. The summed E-state index contributed by atoms with van der Waals surface area (Å²) in [4.78, 5) is 7.00. The highest BCUT2D eigenvalue weighted by Gasteiger charge is 2.28. The van der Waals surface area contributed by atoms with Crippen molar-refractivity contribution in [3.63, 3.8) is 0 Å². The van der Waals surface area contributed by atoms with Gasteiger partial charge in [-0.3, -0.25) is 10.00 Å². The summed E-state index contributed by atoms with van der Waals surface area (Å²) >= 11 is 0. The molecule has 1 N–H and O–H groups in total. The van der Waals surface area contributed by atoms with Gasteiger partial charge in [0.05, 0.1) is 12.6 Å². The Kier molecular flexibility index (Phi) is 5.02. The molecule has 2 aromatic heterocycles. The van der Waals surface area contributed by atoms with Crippen molar-refractivity contribution in [3.05, 3.63) is 23.3 Å². The number of H-pyrrole nitrogens is 1. The number of aromatic amines is 1. The molecule has 0 unspecified atom stereocenters. The Balaban J connectivity index is 1.77. The molecule has 8 nitrogen and oxygen atoms in total. The minimum absolute atomic E-state index is 0.230. The summed E-state index contributed by atoms with van der Waals surface area (Å²) in [5.74, 6) is 3.62. The quantitative estimate of drug-likeness (QED) is 0.870. The molecule has 0 bridgehead atoms. The first-order chi connectivity index (χ1) is 11.2. The maximum absolute atomic E-state index is 5.12. The Morgan fingerprint density at radius 2 is 2.17 bits per heavy atom. The molecule has 0 aromatic carbocycles. The lowest BCUT2D eigenvalue weighted by molar-refractivity contribution is 0.128. The number of hydrogen-bond donors (Lipinski definition) is 1. The summed E-state index contributed by atoms with van der Waals surface area (Å²) < 4.78 is 7.28. The molecule has 23 heavy (non-hydrogen) atoms. The van der Waals surface area contributed by atoms with E-state index in [0.717, 1.165) is 49.4 Å². The van der Waals surface area contributed by atoms with Crippen LogP contribution in [0.2, 0.25) is 0 Å². The van der Waals surface area contributed by atoms with Crippen LogP contribution in [0.4, 0.5) is 0 Å². The molecule has 1 saturated heterocycles. The average molecular weight is 319 g/mol. The number of aryl methyl sites for hydroxylation is 1. The van der Waals surface area contributed by atoms with Crippen LogP contribution in [0.5, 0.6) is 0 Å². The van der Waals surface area contributed by atoms with Crippen molar-refractivity contribution in [3.8, 4) is 0 Å². The van der Waals surface area contributed by atoms with Crippen molar-refractivity contribution >= 4 is 0 Å². The molecule has 0 spiro atoms. The van der Waals surface area contributed by atoms with Crippen LogP contribution in [0, 0.1) is 6.92 Å². The fourth-order valence-electron chi connectivity index (χ4n) is 3.27. The number of methoxy groups -OCH3 is 1. The van der Waals surface area contributed by atoms with Crippen LogP contribution in [-0.2, 0) is 24.4 Å². The maximum Gasteiger partial charge on any atom is 0.167 e. The van der Waals surface area contributed by atoms with Gasteiger partial charge >= 0.3 is 0 Å². The highest BCUT2D eigenvalue weighted by atomic mass is 16.5. The van der Waals surface area contributed by atoms with E-state index >= 15 is 0 Å². The van der Waals surface area contributed by atoms with Crippen molar-refractivity contribution in [2.24, 2.45) is 0 Å². The third-order valence-electron chi connectivity index (χ3n) is 4.41. The molecule has 8 heteroatoms. The Bertz CT molecular complexity index is 636. The topological polar surface area (TPSA) is 84.8 Å². The van der Waals surface area contributed by atoms with Gasteiger partial charge in [0, 0.05) is 13.7 Å². The van der Waals surface area contributed by atoms with Crippen LogP contribution in [0.25, 0.3) is 0 Å². The molecular weight excluding hydrogens is 294 g/mol. The van der Waals surface area contributed by atoms with Crippen LogP contribution >= 0.6 is 0 Å². The second-order valence-electron chi connectivity index (χ2n) is 5.96. The molecule has 126 valence electrons. The van der Waals surface area contributed by atoms with Gasteiger partial charge in [-0.1, -0.05) is 6.42 Å². The van der Waals surface area contributed by atoms with E-state index < -0.39 is 0 Å². The first kappa shape index (κ1) is 16.1. The lowest BCUT2D eigenvalue weighted by Crippen LogP contribution is -2.34. The van der Waals surface area contributed by atoms with Gasteiger partial charge in [0.2, 0.25) is 0 Å². The zero-order valence-corrected chi connectivity index (χ0v) is 14.1. The van der Waals surface area contributed by atoms with Crippen molar-refractivity contribution in [2.45, 2.75) is 58.8 Å². The van der Waals surface area contributed by atoms with E-state index in [0.29, 0.717) is 6.61 Å². The van der Waals surface area contributed by atoms with Crippen LogP contribution in [0.3, 0.4) is 0 Å². The predicted octanol–water partition coefficient (Wildman–Crippen LogP) is 1.60. The molecule has 0 radical (unpaired) electrons. The molecule has 3 rings (SSSR count). The largest absolute Gasteiger partial charge is 0.377 e. The van der Waals surface area contributed by atoms with Crippen LogP contribution in [0.1, 0.15) is 55.5 Å². The third-order valence-corrected chi connectivity index (χ3v) is 4.41. The van der Waals surface area contributed by atoms with Gasteiger partial charge in [-0.25, -0.2) is 4.98 Å². The molecule has 2 aromatic rings. The Morgan fingerprint density at radius 1 is 1.30 bits per heavy atom. The van der Waals surface area contributed by atoms with Gasteiger partial charge in [-0.15, -0.1) is 10.2 Å². The predicted molar refractivity (Wildman–Crippen MR) is 84.5 cm³/mol. The molecule has 1 fully saturated rings. The third kappa shape index (κ3) is 3.42. The Labute approximate surface area is 136 Å². The molecular formula is C15H25N7O. The summed E-state index contributed by atoms with van der Waals surface area (Å²) in [6.07, 6.45) is 3.48. The molecule has 0 aliphatic carbocycles. The van der Waals surface area contributed by atoms with Gasteiger partial charge in [-0.05, 0) is 33.2 Å². The number of likely N-dealkylation sites (tertiary alicyclic amines) is 1. The highest BCUT2D eigenvalue weighted by Crippen LogP contribution is 2.30. The SMILES string of the molecule is CCn1c(C)nnc1CN1CCCC[C@H]1c1n[nH]c(COC)n1. The van der Waals surface area contributed by atoms with E-state index in [1.165, 1.54) is 12.8 Å². The van der Waals surface area contributed by atoms with Gasteiger partial charge in [-0.2, -0.15) is 5.10 Å². The van der Waals surface area contributed by atoms with Crippen molar-refractivity contribution in [1.29, 1.82) is 0 Å². The lowest BCUT2D eigenvalue weighted by Gasteiger charge is -2.33. The van der Waals surface area contributed by atoms with Crippen LogP contribution in [0.15, 0.2) is 0 Å². The monoisotopic (exact) mass is 319 g/mol. The fraction of sp³-hybridized carbons (Fsp3) is 0.733. The average Bonchev–Trinajstić information content (AvgIpc) is 3.15. The minimum Gasteiger partial charge on any atom is -0.377 e. The second-order valence-corrected chi connectivity index (χ2v) is 5.96. The van der Waals surface area contributed by atoms with Crippen LogP contribution in [-0.4, -0.2) is 48.5 Å². The second kappa shape index (κ2) is 7.18. The number of piperidine rings is 1. The van der Waals surface area contributed by atoms with E-state index in [4.69, 9.17) is 4.74 Å². The number of hydrogen-bond acceptors (Lipinski definition) is 6. The lowest BCUT2D eigenvalue weighted by atomic mass is 10.0. The van der Waals surface area contributed by atoms with Gasteiger partial charge in [0.15, 0.2) is 11.6 Å². The van der Waals surface area contributed by atoms with Gasteiger partial charge in [0.1, 0.15) is 18.3 Å². The molecule has 0 saturated carbocycles. The van der Waals surface area contributed by atoms with Gasteiger partial charge < -0.3 is 9.30 Å². The summed E-state index contributed by atoms with van der Waals surface area (Å²) in [7, 11) is 1.66. The summed E-state index contributed by atoms with van der Waals surface area (Å²) in [5.41, 5.74) is 0. The normalized spacial score (nSPS) is 19.3. The summed E-state index contributed by atoms with van der Waals surface area (Å²) in [6, 6.07) is 0.230. The molecule has 0 amide bonds. The van der Waals surface area contributed by atoms with Crippen LogP contribution < -0.4 is 0 Å². The summed E-state index contributed by atoms with van der Waals surface area (Å²) in [6.45, 7) is 7.30. The standard InChI is InChI=1S/C15H25N7O/c1-4-22-11(2)17-19-14(22)9-21-8-6-5-7-12(21)15-16-13(10-23-3)18-20-15/h12H,4-10H2,1-3H3,(H,16,18,20)/t12-/m0/s1. The van der Waals surface area contributed by atoms with Gasteiger partial charge in [0.25, 0.3) is 0 Å². The Morgan fingerprint density at radius 3 is 2.96 bits per heavy atom. The number of nitrogens with zero attached hydrogens (tertiary/aromatic N) is 6. The van der Waals surface area contributed by atoms with Crippen molar-refractivity contribution < 1.29 is 4.74 Å². The maximum atomic E-state index is 5.12. The molecule has 1 aliphatic heterocycles. The number of aromatic nitrogens is 6. The zero-order chi connectivity index (χ0) is 16.2. The first-order valence-corrected chi connectivity index (χ1v) is 8.25. The zero-order valence-electron chi connectivity index (χ0n) is 14.1. The fourth-order valence-corrected chi connectivity index (χ4v) is 3.27. The Hall–Kier alpha value is -1.80. The summed E-state index contributed by atoms with van der Waals surface area (Å²) in [5, 5.41) is 15.9. The molecule has 3 heterocycles. The van der Waals surface area contributed by atoms with E-state index in [9.17, 15) is 0 Å². The van der Waals surface area contributed by atoms with Crippen molar-refractivity contribution in [1.82, 2.24) is 34.8 Å². The molecule has 1 aliphatic rings. The number of ether oxygens (including phenoxy) is 1. The van der Waals surface area contributed by atoms with E-state index in [-0.39, 0.29) is 6.04 Å². The van der Waals surface area contributed by atoms with E-state index in [1.807, 2.05) is 6.92 Å². The number of rotatable bonds is 6. The minimum atomic E-state index is 0.230. The smallest absolute Gasteiger partial charge is 0.167 e. The van der Waals surface area contributed by atoms with E-state index in [2.05, 4.69) is 41.8 Å².